The Balaban J connectivity index is 1.74. The van der Waals surface area contributed by atoms with Crippen molar-refractivity contribution < 1.29 is 14.6 Å². The maximum absolute atomic E-state index is 10.5. The number of methoxy groups -OCH3 is 1. The Kier molecular flexibility index (Phi) is 6.00. The van der Waals surface area contributed by atoms with Crippen molar-refractivity contribution in [2.75, 3.05) is 13.7 Å². The molecular weight excluding hydrogens is 376 g/mol. The van der Waals surface area contributed by atoms with Gasteiger partial charge in [0.25, 0.3) is 0 Å². The second kappa shape index (κ2) is 9.01. The van der Waals surface area contributed by atoms with Crippen LogP contribution in [-0.2, 0) is 0 Å². The molecule has 2 atom stereocenters. The SMILES string of the molecule is CCOc1ccc(C2=N[C@@H](c3ccccc3OC)N[C@H](c3ccccc3O)C2)cc1. The van der Waals surface area contributed by atoms with Crippen LogP contribution >= 0.6 is 0 Å². The number of phenols is 1. The molecule has 1 aliphatic heterocycles. The van der Waals surface area contributed by atoms with Gasteiger partial charge in [-0.3, -0.25) is 10.3 Å². The molecule has 2 N–H and O–H groups in total. The molecule has 3 aromatic rings. The van der Waals surface area contributed by atoms with E-state index in [2.05, 4.69) is 5.32 Å². The monoisotopic (exact) mass is 402 g/mol. The van der Waals surface area contributed by atoms with Crippen LogP contribution in [0, 0.1) is 0 Å². The van der Waals surface area contributed by atoms with Crippen LogP contribution in [0.25, 0.3) is 0 Å². The summed E-state index contributed by atoms with van der Waals surface area (Å²) in [4.78, 5) is 5.02. The highest BCUT2D eigenvalue weighted by atomic mass is 16.5. The summed E-state index contributed by atoms with van der Waals surface area (Å²) in [6, 6.07) is 23.3. The summed E-state index contributed by atoms with van der Waals surface area (Å²) in [6.45, 7) is 2.61. The predicted octanol–water partition coefficient (Wildman–Crippen LogP) is 5.02. The molecule has 5 heteroatoms. The van der Waals surface area contributed by atoms with E-state index in [4.69, 9.17) is 14.5 Å². The molecule has 0 aliphatic carbocycles. The van der Waals surface area contributed by atoms with E-state index < -0.39 is 0 Å². The molecule has 0 aromatic heterocycles. The van der Waals surface area contributed by atoms with E-state index in [-0.39, 0.29) is 18.0 Å². The number of rotatable bonds is 6. The van der Waals surface area contributed by atoms with Crippen molar-refractivity contribution in [1.82, 2.24) is 5.32 Å². The molecule has 0 bridgehead atoms. The number of nitrogens with zero attached hydrogens (tertiary/aromatic N) is 1. The summed E-state index contributed by atoms with van der Waals surface area (Å²) >= 11 is 0. The molecule has 154 valence electrons. The number of aliphatic imine (C=N–C) groups is 1. The highest BCUT2D eigenvalue weighted by Crippen LogP contribution is 2.36. The normalized spacial score (nSPS) is 18.5. The van der Waals surface area contributed by atoms with Crippen LogP contribution in [0.4, 0.5) is 0 Å². The van der Waals surface area contributed by atoms with Gasteiger partial charge in [0.15, 0.2) is 0 Å². The lowest BCUT2D eigenvalue weighted by Gasteiger charge is -2.31. The number of nitrogens with one attached hydrogen (secondary N) is 1. The maximum Gasteiger partial charge on any atom is 0.129 e. The van der Waals surface area contributed by atoms with Crippen molar-refractivity contribution in [3.63, 3.8) is 0 Å². The van der Waals surface area contributed by atoms with Gasteiger partial charge < -0.3 is 14.6 Å². The summed E-state index contributed by atoms with van der Waals surface area (Å²) in [5, 5.41) is 14.0. The Morgan fingerprint density at radius 1 is 0.967 bits per heavy atom. The molecule has 1 heterocycles. The van der Waals surface area contributed by atoms with Crippen LogP contribution in [0.3, 0.4) is 0 Å². The van der Waals surface area contributed by atoms with Gasteiger partial charge in [0, 0.05) is 29.3 Å². The van der Waals surface area contributed by atoms with Gasteiger partial charge in [-0.2, -0.15) is 0 Å². The van der Waals surface area contributed by atoms with Crippen molar-refractivity contribution in [2.24, 2.45) is 4.99 Å². The average Bonchev–Trinajstić information content (AvgIpc) is 2.80. The van der Waals surface area contributed by atoms with Crippen molar-refractivity contribution in [2.45, 2.75) is 25.6 Å². The van der Waals surface area contributed by atoms with Gasteiger partial charge in [-0.25, -0.2) is 0 Å². The van der Waals surface area contributed by atoms with Crippen LogP contribution in [0.1, 0.15) is 42.2 Å². The quantitative estimate of drug-likeness (QED) is 0.608. The summed E-state index contributed by atoms with van der Waals surface area (Å²) in [6.07, 6.45) is 0.373. The second-order valence-corrected chi connectivity index (χ2v) is 7.16. The molecule has 0 unspecified atom stereocenters. The third kappa shape index (κ3) is 4.16. The number of para-hydroxylation sites is 2. The zero-order chi connectivity index (χ0) is 20.9. The van der Waals surface area contributed by atoms with Crippen molar-refractivity contribution in [3.05, 3.63) is 89.5 Å². The number of ether oxygens (including phenoxy) is 2. The van der Waals surface area contributed by atoms with E-state index in [1.54, 1.807) is 13.2 Å². The van der Waals surface area contributed by atoms with Gasteiger partial charge in [0.1, 0.15) is 23.4 Å². The second-order valence-electron chi connectivity index (χ2n) is 7.16. The largest absolute Gasteiger partial charge is 0.508 e. The van der Waals surface area contributed by atoms with Crippen LogP contribution < -0.4 is 14.8 Å². The highest BCUT2D eigenvalue weighted by Gasteiger charge is 2.28. The number of hydrogen-bond acceptors (Lipinski definition) is 5. The molecule has 5 nitrogen and oxygen atoms in total. The van der Waals surface area contributed by atoms with E-state index >= 15 is 0 Å². The number of benzene rings is 3. The Morgan fingerprint density at radius 3 is 2.37 bits per heavy atom. The Morgan fingerprint density at radius 2 is 1.67 bits per heavy atom. The van der Waals surface area contributed by atoms with Crippen molar-refractivity contribution >= 4 is 5.71 Å². The number of phenolic OH excluding ortho intramolecular Hbond substituents is 1. The van der Waals surface area contributed by atoms with Crippen LogP contribution in [-0.4, -0.2) is 24.5 Å². The third-order valence-corrected chi connectivity index (χ3v) is 5.29. The van der Waals surface area contributed by atoms with Crippen molar-refractivity contribution in [1.29, 1.82) is 0 Å². The molecule has 0 radical (unpaired) electrons. The lowest BCUT2D eigenvalue weighted by Crippen LogP contribution is -2.33. The first-order chi connectivity index (χ1) is 14.7. The summed E-state index contributed by atoms with van der Waals surface area (Å²) in [7, 11) is 1.67. The molecule has 0 spiro atoms. The first-order valence-electron chi connectivity index (χ1n) is 10.2. The minimum atomic E-state index is -0.291. The highest BCUT2D eigenvalue weighted by molar-refractivity contribution is 6.01. The molecule has 3 aromatic carbocycles. The minimum Gasteiger partial charge on any atom is -0.508 e. The Hall–Kier alpha value is -3.31. The fraction of sp³-hybridized carbons (Fsp3) is 0.240. The lowest BCUT2D eigenvalue weighted by molar-refractivity contribution is 0.340. The minimum absolute atomic E-state index is 0.0832. The van der Waals surface area contributed by atoms with Gasteiger partial charge in [-0.15, -0.1) is 0 Å². The van der Waals surface area contributed by atoms with E-state index in [0.717, 1.165) is 33.9 Å². The molecule has 1 aliphatic rings. The molecule has 0 saturated carbocycles. The van der Waals surface area contributed by atoms with Gasteiger partial charge in [0.05, 0.1) is 13.7 Å². The maximum atomic E-state index is 10.5. The topological polar surface area (TPSA) is 63.1 Å². The summed E-state index contributed by atoms with van der Waals surface area (Å²) < 4.78 is 11.1. The standard InChI is InChI=1S/C25H26N2O3/c1-3-30-18-14-12-17(13-15-18)21-16-22(19-8-4-6-10-23(19)28)27-25(26-21)20-9-5-7-11-24(20)29-2/h4-15,22,25,27-28H,3,16H2,1-2H3/t22-,25+/m0/s1. The number of hydrogen-bond donors (Lipinski definition) is 2. The van der Waals surface area contributed by atoms with E-state index in [9.17, 15) is 5.11 Å². The summed E-state index contributed by atoms with van der Waals surface area (Å²) in [5.74, 6) is 1.90. The lowest BCUT2D eigenvalue weighted by atomic mass is 9.93. The first kappa shape index (κ1) is 20.0. The van der Waals surface area contributed by atoms with Crippen LogP contribution in [0.5, 0.6) is 17.2 Å². The third-order valence-electron chi connectivity index (χ3n) is 5.29. The molecule has 4 rings (SSSR count). The van der Waals surface area contributed by atoms with Crippen LogP contribution in [0.2, 0.25) is 0 Å². The van der Waals surface area contributed by atoms with E-state index in [1.165, 1.54) is 0 Å². The fourth-order valence-corrected chi connectivity index (χ4v) is 3.82. The zero-order valence-corrected chi connectivity index (χ0v) is 17.2. The van der Waals surface area contributed by atoms with E-state index in [1.807, 2.05) is 73.7 Å². The fourth-order valence-electron chi connectivity index (χ4n) is 3.82. The predicted molar refractivity (Wildman–Crippen MR) is 118 cm³/mol. The zero-order valence-electron chi connectivity index (χ0n) is 17.2. The molecule has 0 saturated heterocycles. The van der Waals surface area contributed by atoms with Crippen LogP contribution in [0.15, 0.2) is 77.8 Å². The van der Waals surface area contributed by atoms with Gasteiger partial charge in [0.2, 0.25) is 0 Å². The van der Waals surface area contributed by atoms with Gasteiger partial charge in [-0.1, -0.05) is 36.4 Å². The number of aromatic hydroxyl groups is 1. The van der Waals surface area contributed by atoms with Gasteiger partial charge in [-0.05, 0) is 48.9 Å². The molecule has 0 amide bonds. The summed E-state index contributed by atoms with van der Waals surface area (Å²) in [5.41, 5.74) is 3.83. The molecule has 30 heavy (non-hydrogen) atoms. The first-order valence-corrected chi connectivity index (χ1v) is 10.2. The Labute approximate surface area is 177 Å². The van der Waals surface area contributed by atoms with E-state index in [0.29, 0.717) is 13.0 Å². The van der Waals surface area contributed by atoms with Crippen molar-refractivity contribution in [3.8, 4) is 17.2 Å². The Bertz CT molecular complexity index is 1030. The average molecular weight is 402 g/mol. The smallest absolute Gasteiger partial charge is 0.129 e. The molecule has 0 fully saturated rings. The molecular formula is C25H26N2O3. The van der Waals surface area contributed by atoms with Gasteiger partial charge >= 0.3 is 0 Å².